The van der Waals surface area contributed by atoms with E-state index in [0.29, 0.717) is 30.0 Å². The predicted octanol–water partition coefficient (Wildman–Crippen LogP) is 9.83. The fraction of sp³-hybridized carbons (Fsp3) is 0.535. The van der Waals surface area contributed by atoms with Crippen molar-refractivity contribution in [3.8, 4) is 17.2 Å². The van der Waals surface area contributed by atoms with Gasteiger partial charge in [0.1, 0.15) is 28.8 Å². The van der Waals surface area contributed by atoms with Crippen molar-refractivity contribution in [1.82, 2.24) is 0 Å². The number of hydrogen-bond donors (Lipinski definition) is 1. The molecule has 0 saturated heterocycles. The third-order valence-corrected chi connectivity index (χ3v) is 9.55. The molecule has 0 amide bonds. The van der Waals surface area contributed by atoms with Gasteiger partial charge in [-0.3, -0.25) is 9.59 Å². The van der Waals surface area contributed by atoms with Crippen LogP contribution in [-0.2, 0) is 9.59 Å². The van der Waals surface area contributed by atoms with Gasteiger partial charge in [-0.1, -0.05) is 50.2 Å². The third-order valence-electron chi connectivity index (χ3n) is 9.55. The SMILES string of the molecule is C.Cc1cccc(OCC2CCC(=O)CC2)c1.Cc1cccc(OCC2CCC(O)CC2)c1.Cc1cccc(OCC2CCCCC2=O)c1. The van der Waals surface area contributed by atoms with Crippen LogP contribution in [0.1, 0.15) is 101 Å². The Morgan fingerprint density at radius 1 is 0.571 bits per heavy atom. The molecule has 0 spiro atoms. The number of aliphatic hydroxyl groups is 1. The monoisotopic (exact) mass is 672 g/mol. The van der Waals surface area contributed by atoms with Crippen molar-refractivity contribution in [3.05, 3.63) is 89.5 Å². The number of ketones is 2. The largest absolute Gasteiger partial charge is 0.493 e. The molecule has 49 heavy (non-hydrogen) atoms. The van der Waals surface area contributed by atoms with Gasteiger partial charge in [-0.2, -0.15) is 0 Å². The van der Waals surface area contributed by atoms with Gasteiger partial charge >= 0.3 is 0 Å². The maximum absolute atomic E-state index is 11.6. The molecule has 3 fully saturated rings. The first-order valence-corrected chi connectivity index (χ1v) is 18.0. The fourth-order valence-electron chi connectivity index (χ4n) is 6.45. The number of hydrogen-bond acceptors (Lipinski definition) is 6. The van der Waals surface area contributed by atoms with Gasteiger partial charge in [-0.25, -0.2) is 0 Å². The van der Waals surface area contributed by atoms with E-state index >= 15 is 0 Å². The Bertz CT molecular complexity index is 1400. The van der Waals surface area contributed by atoms with Crippen LogP contribution in [0.15, 0.2) is 72.8 Å². The van der Waals surface area contributed by atoms with Crippen molar-refractivity contribution < 1.29 is 28.9 Å². The number of ether oxygens (including phenoxy) is 3. The minimum absolute atomic E-state index is 0. The maximum atomic E-state index is 11.6. The average Bonchev–Trinajstić information content (AvgIpc) is 3.08. The number of aryl methyl sites for hydroxylation is 3. The van der Waals surface area contributed by atoms with Gasteiger partial charge in [-0.15, -0.1) is 0 Å². The zero-order chi connectivity index (χ0) is 34.1. The number of carbonyl (C=O) groups excluding carboxylic acids is 2. The Morgan fingerprint density at radius 3 is 1.47 bits per heavy atom. The molecule has 3 aromatic rings. The van der Waals surface area contributed by atoms with Gasteiger partial charge in [0.05, 0.1) is 31.8 Å². The Labute approximate surface area is 295 Å². The first-order chi connectivity index (χ1) is 23.2. The van der Waals surface area contributed by atoms with Crippen LogP contribution < -0.4 is 14.2 Å². The van der Waals surface area contributed by atoms with Crippen LogP contribution in [0.3, 0.4) is 0 Å². The summed E-state index contributed by atoms with van der Waals surface area (Å²) >= 11 is 0. The Balaban J connectivity index is 0.000000197. The Morgan fingerprint density at radius 2 is 1.02 bits per heavy atom. The molecule has 0 heterocycles. The summed E-state index contributed by atoms with van der Waals surface area (Å²) in [5, 5.41) is 9.41. The summed E-state index contributed by atoms with van der Waals surface area (Å²) in [4.78, 5) is 22.7. The first kappa shape index (κ1) is 39.8. The summed E-state index contributed by atoms with van der Waals surface area (Å²) in [6.07, 6.45) is 11.4. The topological polar surface area (TPSA) is 82.1 Å². The van der Waals surface area contributed by atoms with Crippen molar-refractivity contribution in [2.75, 3.05) is 19.8 Å². The molecule has 0 radical (unpaired) electrons. The molecule has 3 aliphatic rings. The molecule has 1 atom stereocenters. The quantitative estimate of drug-likeness (QED) is 0.244. The van der Waals surface area contributed by atoms with Crippen molar-refractivity contribution in [3.63, 3.8) is 0 Å². The lowest BCUT2D eigenvalue weighted by Gasteiger charge is -2.25. The van der Waals surface area contributed by atoms with E-state index in [2.05, 4.69) is 32.0 Å². The highest BCUT2D eigenvalue weighted by Gasteiger charge is 2.23. The highest BCUT2D eigenvalue weighted by molar-refractivity contribution is 5.81. The van der Waals surface area contributed by atoms with Crippen LogP contribution in [-0.4, -0.2) is 42.6 Å². The van der Waals surface area contributed by atoms with Crippen molar-refractivity contribution >= 4 is 11.6 Å². The lowest BCUT2D eigenvalue weighted by atomic mass is 9.88. The van der Waals surface area contributed by atoms with Gasteiger partial charge < -0.3 is 19.3 Å². The van der Waals surface area contributed by atoms with Crippen LogP contribution >= 0.6 is 0 Å². The van der Waals surface area contributed by atoms with E-state index in [0.717, 1.165) is 108 Å². The molecule has 3 saturated carbocycles. The molecular weight excluding hydrogens is 612 g/mol. The van der Waals surface area contributed by atoms with Crippen LogP contribution in [0.25, 0.3) is 0 Å². The van der Waals surface area contributed by atoms with E-state index in [1.807, 2.05) is 61.5 Å². The van der Waals surface area contributed by atoms with Crippen molar-refractivity contribution in [2.24, 2.45) is 17.8 Å². The summed E-state index contributed by atoms with van der Waals surface area (Å²) < 4.78 is 17.2. The second-order valence-corrected chi connectivity index (χ2v) is 13.9. The summed E-state index contributed by atoms with van der Waals surface area (Å²) in [6, 6.07) is 24.2. The standard InChI is InChI=1S/C14H18O2.C14H20O2.C14H18O2.CH4/c1-11-5-4-7-13(9-11)16-10-12-6-2-3-8-14(12)15;2*1-11-3-2-4-14(9-11)16-10-12-5-7-13(15)8-6-12;/h4-5,7,9,12H,2-3,6,8,10H2,1H3;2-4,9,12-13,15H,5-8,10H2,1H3;2-4,9,12H,5-8,10H2,1H3;1H4. The molecule has 1 unspecified atom stereocenters. The van der Waals surface area contributed by atoms with E-state index in [4.69, 9.17) is 14.2 Å². The normalized spacial score (nSPS) is 20.8. The fourth-order valence-corrected chi connectivity index (χ4v) is 6.45. The van der Waals surface area contributed by atoms with Crippen molar-refractivity contribution in [2.45, 2.75) is 111 Å². The molecule has 0 aromatic heterocycles. The minimum atomic E-state index is -0.0739. The number of carbonyl (C=O) groups is 2. The van der Waals surface area contributed by atoms with E-state index in [9.17, 15) is 14.7 Å². The number of rotatable bonds is 9. The lowest BCUT2D eigenvalue weighted by Crippen LogP contribution is -2.25. The highest BCUT2D eigenvalue weighted by Crippen LogP contribution is 2.26. The summed E-state index contributed by atoms with van der Waals surface area (Å²) in [5.41, 5.74) is 3.64. The average molecular weight is 673 g/mol. The number of Topliss-reactive ketones (excluding diaryl/α,β-unsaturated/α-hetero) is 2. The van der Waals surface area contributed by atoms with Crippen LogP contribution in [0, 0.1) is 38.5 Å². The molecular formula is C43H60O6. The second kappa shape index (κ2) is 21.4. The van der Waals surface area contributed by atoms with E-state index < -0.39 is 0 Å². The first-order valence-electron chi connectivity index (χ1n) is 18.0. The lowest BCUT2D eigenvalue weighted by molar-refractivity contribution is -0.125. The molecule has 0 aliphatic heterocycles. The molecule has 3 aromatic carbocycles. The molecule has 3 aliphatic carbocycles. The van der Waals surface area contributed by atoms with Crippen LogP contribution in [0.5, 0.6) is 17.2 Å². The molecule has 6 rings (SSSR count). The summed E-state index contributed by atoms with van der Waals surface area (Å²) in [7, 11) is 0. The predicted molar refractivity (Wildman–Crippen MR) is 199 cm³/mol. The summed E-state index contributed by atoms with van der Waals surface area (Å²) in [6.45, 7) is 8.25. The molecule has 268 valence electrons. The van der Waals surface area contributed by atoms with Gasteiger partial charge in [0.25, 0.3) is 0 Å². The maximum Gasteiger partial charge on any atom is 0.139 e. The van der Waals surface area contributed by atoms with Gasteiger partial charge in [0.2, 0.25) is 0 Å². The summed E-state index contributed by atoms with van der Waals surface area (Å²) in [5.74, 6) is 4.85. The third kappa shape index (κ3) is 15.2. The number of aliphatic hydroxyl groups excluding tert-OH is 1. The second-order valence-electron chi connectivity index (χ2n) is 13.9. The molecule has 6 heteroatoms. The zero-order valence-electron chi connectivity index (χ0n) is 29.3. The minimum Gasteiger partial charge on any atom is -0.493 e. The van der Waals surface area contributed by atoms with Gasteiger partial charge in [-0.05, 0) is 137 Å². The van der Waals surface area contributed by atoms with Gasteiger partial charge in [0.15, 0.2) is 0 Å². The molecule has 1 N–H and O–H groups in total. The molecule has 6 nitrogen and oxygen atoms in total. The highest BCUT2D eigenvalue weighted by atomic mass is 16.5. The smallest absolute Gasteiger partial charge is 0.139 e. The van der Waals surface area contributed by atoms with Crippen LogP contribution in [0.4, 0.5) is 0 Å². The van der Waals surface area contributed by atoms with E-state index in [1.54, 1.807) is 0 Å². The Hall–Kier alpha value is -3.64. The molecule has 0 bridgehead atoms. The van der Waals surface area contributed by atoms with Crippen molar-refractivity contribution in [1.29, 1.82) is 0 Å². The van der Waals surface area contributed by atoms with Gasteiger partial charge in [0, 0.05) is 19.3 Å². The zero-order valence-corrected chi connectivity index (χ0v) is 29.3. The van der Waals surface area contributed by atoms with E-state index in [1.165, 1.54) is 16.7 Å². The number of benzene rings is 3. The van der Waals surface area contributed by atoms with Crippen LogP contribution in [0.2, 0.25) is 0 Å². The Kier molecular flexibility index (Phi) is 17.4. The van der Waals surface area contributed by atoms with E-state index in [-0.39, 0.29) is 19.4 Å².